The van der Waals surface area contributed by atoms with Crippen LogP contribution in [-0.2, 0) is 9.59 Å². The number of nitrogens with zero attached hydrogens (tertiary/aromatic N) is 1. The zero-order valence-corrected chi connectivity index (χ0v) is 23.2. The first kappa shape index (κ1) is 28.4. The van der Waals surface area contributed by atoms with E-state index in [0.29, 0.717) is 29.2 Å². The van der Waals surface area contributed by atoms with Gasteiger partial charge in [-0.2, -0.15) is 0 Å². The van der Waals surface area contributed by atoms with Crippen LogP contribution in [0.5, 0.6) is 5.75 Å². The first-order valence-electron chi connectivity index (χ1n) is 13.0. The summed E-state index contributed by atoms with van der Waals surface area (Å²) in [5, 5.41) is 7.69. The average Bonchev–Trinajstić information content (AvgIpc) is 3.45. The summed E-state index contributed by atoms with van der Waals surface area (Å²) in [6.07, 6.45) is 8.06. The van der Waals surface area contributed by atoms with Crippen molar-refractivity contribution in [2.24, 2.45) is 0 Å². The third-order valence-corrected chi connectivity index (χ3v) is 7.71. The number of hydrogen-bond acceptors (Lipinski definition) is 5. The third kappa shape index (κ3) is 8.18. The molecule has 0 saturated heterocycles. The normalized spacial score (nSPS) is 14.3. The van der Waals surface area contributed by atoms with E-state index in [0.717, 1.165) is 25.7 Å². The van der Waals surface area contributed by atoms with E-state index in [9.17, 15) is 14.4 Å². The van der Waals surface area contributed by atoms with Crippen LogP contribution >= 0.6 is 11.3 Å². The summed E-state index contributed by atoms with van der Waals surface area (Å²) in [4.78, 5) is 42.2. The Morgan fingerprint density at radius 2 is 1.97 bits per heavy atom. The van der Waals surface area contributed by atoms with Crippen molar-refractivity contribution in [1.29, 1.82) is 0 Å². The number of amides is 3. The van der Waals surface area contributed by atoms with E-state index in [2.05, 4.69) is 16.7 Å². The fraction of sp³-hybridized carbons (Fsp3) is 0.483. The van der Waals surface area contributed by atoms with Gasteiger partial charge in [-0.1, -0.05) is 36.8 Å². The molecule has 8 heteroatoms. The third-order valence-electron chi connectivity index (χ3n) is 6.84. The summed E-state index contributed by atoms with van der Waals surface area (Å²) >= 11 is 1.32. The first-order valence-corrected chi connectivity index (χ1v) is 13.9. The van der Waals surface area contributed by atoms with Gasteiger partial charge in [-0.15, -0.1) is 11.3 Å². The number of ether oxygens (including phenoxy) is 1. The molecule has 7 nitrogen and oxygen atoms in total. The minimum absolute atomic E-state index is 0.194. The maximum Gasteiger partial charge on any atom is 0.261 e. The molecule has 1 aliphatic rings. The van der Waals surface area contributed by atoms with E-state index in [-0.39, 0.29) is 24.3 Å². The second-order valence-corrected chi connectivity index (χ2v) is 11.0. The van der Waals surface area contributed by atoms with Crippen LogP contribution in [0.3, 0.4) is 0 Å². The Hall–Kier alpha value is -3.13. The smallest absolute Gasteiger partial charge is 0.261 e. The largest absolute Gasteiger partial charge is 0.497 e. The van der Waals surface area contributed by atoms with E-state index in [1.165, 1.54) is 23.3 Å². The quantitative estimate of drug-likeness (QED) is 0.371. The highest BCUT2D eigenvalue weighted by Crippen LogP contribution is 2.28. The molecular formula is C29H39N3O4S. The lowest BCUT2D eigenvalue weighted by atomic mass is 9.95. The van der Waals surface area contributed by atoms with Crippen molar-refractivity contribution in [2.45, 2.75) is 70.9 Å². The second kappa shape index (κ2) is 13.4. The van der Waals surface area contributed by atoms with Gasteiger partial charge in [0, 0.05) is 12.1 Å². The number of nitrogens with one attached hydrogen (secondary N) is 2. The van der Waals surface area contributed by atoms with Gasteiger partial charge in [0.05, 0.1) is 18.5 Å². The van der Waals surface area contributed by atoms with Crippen molar-refractivity contribution in [2.75, 3.05) is 20.2 Å². The van der Waals surface area contributed by atoms with Crippen LogP contribution in [0.4, 0.5) is 0 Å². The highest BCUT2D eigenvalue weighted by atomic mass is 32.1. The Labute approximate surface area is 224 Å². The topological polar surface area (TPSA) is 87.7 Å². The number of carbonyl (C=O) groups excluding carboxylic acids is 3. The number of rotatable bonds is 12. The number of allylic oxidation sites excluding steroid dienone is 1. The summed E-state index contributed by atoms with van der Waals surface area (Å²) in [5.41, 5.74) is 1.53. The van der Waals surface area contributed by atoms with Crippen LogP contribution in [0.15, 0.2) is 53.4 Å². The molecule has 3 rings (SSSR count). The molecule has 1 aliphatic carbocycles. The zero-order valence-electron chi connectivity index (χ0n) is 22.3. The molecule has 1 aromatic carbocycles. The number of carbonyl (C=O) groups is 3. The Bertz CT molecular complexity index is 1090. The molecule has 0 radical (unpaired) electrons. The first-order chi connectivity index (χ1) is 17.7. The lowest BCUT2D eigenvalue weighted by Crippen LogP contribution is -2.52. The van der Waals surface area contributed by atoms with Crippen LogP contribution in [0.1, 0.15) is 80.6 Å². The predicted octanol–water partition coefficient (Wildman–Crippen LogP) is 5.25. The molecule has 1 heterocycles. The molecule has 0 fully saturated rings. The highest BCUT2D eigenvalue weighted by Gasteiger charge is 2.34. The summed E-state index contributed by atoms with van der Waals surface area (Å²) < 4.78 is 5.42. The van der Waals surface area contributed by atoms with E-state index in [1.54, 1.807) is 30.2 Å². The summed E-state index contributed by atoms with van der Waals surface area (Å²) in [7, 11) is 1.58. The van der Waals surface area contributed by atoms with Crippen LogP contribution in [0, 0.1) is 0 Å². The number of thiophene rings is 1. The lowest BCUT2D eigenvalue weighted by molar-refractivity contribution is -0.140. The van der Waals surface area contributed by atoms with Crippen molar-refractivity contribution in [3.05, 3.63) is 63.9 Å². The highest BCUT2D eigenvalue weighted by molar-refractivity contribution is 7.12. The second-order valence-electron chi connectivity index (χ2n) is 10.0. The minimum atomic E-state index is -0.865. The standard InChI is InChI=1S/C29H39N3O4S/c1-5-29(2,3)31-28(35)26(22-13-9-14-23(19-22)36-4)32(17-16-21-11-7-6-8-12-21)25(33)20-30-27(34)24-15-10-18-37-24/h9-11,13-15,18-19,26H,5-8,12,16-17,20H2,1-4H3,(H,30,34)(H,31,35). The maximum absolute atomic E-state index is 13.8. The van der Waals surface area contributed by atoms with Crippen molar-refractivity contribution in [3.8, 4) is 5.75 Å². The lowest BCUT2D eigenvalue weighted by Gasteiger charge is -2.35. The Morgan fingerprint density at radius 1 is 1.16 bits per heavy atom. The fourth-order valence-electron chi connectivity index (χ4n) is 4.32. The molecule has 1 atom stereocenters. The van der Waals surface area contributed by atoms with Gasteiger partial charge in [-0.05, 0) is 81.5 Å². The van der Waals surface area contributed by atoms with Gasteiger partial charge in [0.2, 0.25) is 11.8 Å². The Kier molecular flexibility index (Phi) is 10.3. The van der Waals surface area contributed by atoms with E-state index in [1.807, 2.05) is 44.4 Å². The average molecular weight is 526 g/mol. The van der Waals surface area contributed by atoms with Gasteiger partial charge in [-0.3, -0.25) is 14.4 Å². The van der Waals surface area contributed by atoms with Crippen LogP contribution in [0.25, 0.3) is 0 Å². The monoisotopic (exact) mass is 525 g/mol. The molecule has 3 amide bonds. The zero-order chi connectivity index (χ0) is 26.8. The van der Waals surface area contributed by atoms with Crippen LogP contribution < -0.4 is 15.4 Å². The number of methoxy groups -OCH3 is 1. The van der Waals surface area contributed by atoms with Crippen molar-refractivity contribution >= 4 is 29.1 Å². The van der Waals surface area contributed by atoms with Gasteiger partial charge in [0.1, 0.15) is 11.8 Å². The predicted molar refractivity (Wildman–Crippen MR) is 148 cm³/mol. The summed E-state index contributed by atoms with van der Waals surface area (Å²) in [5.74, 6) is -0.250. The van der Waals surface area contributed by atoms with E-state index >= 15 is 0 Å². The molecule has 2 N–H and O–H groups in total. The van der Waals surface area contributed by atoms with Crippen LogP contribution in [0.2, 0.25) is 0 Å². The van der Waals surface area contributed by atoms with Crippen molar-refractivity contribution in [1.82, 2.24) is 15.5 Å². The fourth-order valence-corrected chi connectivity index (χ4v) is 4.96. The maximum atomic E-state index is 13.8. The molecule has 2 aromatic rings. The number of benzene rings is 1. The molecule has 0 saturated carbocycles. The molecule has 0 aliphatic heterocycles. The van der Waals surface area contributed by atoms with Crippen molar-refractivity contribution in [3.63, 3.8) is 0 Å². The molecule has 200 valence electrons. The molecule has 1 aromatic heterocycles. The van der Waals surface area contributed by atoms with Crippen molar-refractivity contribution < 1.29 is 19.1 Å². The SMILES string of the molecule is CCC(C)(C)NC(=O)C(c1cccc(OC)c1)N(CCC1=CCCCC1)C(=O)CNC(=O)c1cccs1. The minimum Gasteiger partial charge on any atom is -0.497 e. The van der Waals surface area contributed by atoms with E-state index < -0.39 is 11.6 Å². The Morgan fingerprint density at radius 3 is 2.62 bits per heavy atom. The summed E-state index contributed by atoms with van der Waals surface area (Å²) in [6, 6.07) is 9.93. The van der Waals surface area contributed by atoms with Crippen LogP contribution in [-0.4, -0.2) is 48.4 Å². The molecule has 0 bridgehead atoms. The molecule has 1 unspecified atom stereocenters. The summed E-state index contributed by atoms with van der Waals surface area (Å²) in [6.45, 7) is 6.13. The van der Waals surface area contributed by atoms with Gasteiger partial charge in [-0.25, -0.2) is 0 Å². The van der Waals surface area contributed by atoms with Gasteiger partial charge in [0.25, 0.3) is 5.91 Å². The molecule has 0 spiro atoms. The van der Waals surface area contributed by atoms with Gasteiger partial charge < -0.3 is 20.3 Å². The van der Waals surface area contributed by atoms with Gasteiger partial charge >= 0.3 is 0 Å². The Balaban J connectivity index is 1.92. The number of hydrogen-bond donors (Lipinski definition) is 2. The van der Waals surface area contributed by atoms with E-state index in [4.69, 9.17) is 4.74 Å². The molecular weight excluding hydrogens is 486 g/mol. The van der Waals surface area contributed by atoms with Gasteiger partial charge in [0.15, 0.2) is 0 Å². The molecule has 37 heavy (non-hydrogen) atoms.